The van der Waals surface area contributed by atoms with Crippen LogP contribution in [-0.4, -0.2) is 82.8 Å². The van der Waals surface area contributed by atoms with E-state index in [9.17, 15) is 9.59 Å². The van der Waals surface area contributed by atoms with E-state index in [1.807, 2.05) is 54.2 Å². The molecule has 9 heteroatoms. The summed E-state index contributed by atoms with van der Waals surface area (Å²) in [5.41, 5.74) is 2.82. The zero-order chi connectivity index (χ0) is 25.1. The number of aryl methyl sites for hydroxylation is 1. The Morgan fingerprint density at radius 2 is 1.89 bits per heavy atom. The van der Waals surface area contributed by atoms with Crippen molar-refractivity contribution in [2.24, 2.45) is 18.1 Å². The van der Waals surface area contributed by atoms with E-state index in [4.69, 9.17) is 21.4 Å². The predicted molar refractivity (Wildman–Crippen MR) is 139 cm³/mol. The molecule has 1 aliphatic carbocycles. The lowest BCUT2D eigenvalue weighted by molar-refractivity contribution is -0.145. The molecule has 0 radical (unpaired) electrons. The van der Waals surface area contributed by atoms with Gasteiger partial charge in [0.2, 0.25) is 5.91 Å². The molecule has 1 aromatic heterocycles. The van der Waals surface area contributed by atoms with Gasteiger partial charge in [0.15, 0.2) is 0 Å². The van der Waals surface area contributed by atoms with Crippen molar-refractivity contribution in [2.45, 2.75) is 31.7 Å². The van der Waals surface area contributed by atoms with Gasteiger partial charge >= 0.3 is 0 Å². The Balaban J connectivity index is 1.36. The highest BCUT2D eigenvalue weighted by atomic mass is 35.5. The highest BCUT2D eigenvalue weighted by Crippen LogP contribution is 2.34. The molecule has 192 valence electrons. The van der Waals surface area contributed by atoms with E-state index in [0.717, 1.165) is 55.9 Å². The number of benzene rings is 1. The number of morpholine rings is 1. The van der Waals surface area contributed by atoms with Gasteiger partial charge in [0, 0.05) is 56.8 Å². The summed E-state index contributed by atoms with van der Waals surface area (Å²) in [4.78, 5) is 31.1. The first kappa shape index (κ1) is 25.0. The summed E-state index contributed by atoms with van der Waals surface area (Å²) < 4.78 is 7.47. The maximum absolute atomic E-state index is 13.7. The monoisotopic (exact) mass is 511 g/mol. The van der Waals surface area contributed by atoms with Crippen LogP contribution < -0.4 is 0 Å². The Kier molecular flexibility index (Phi) is 7.74. The number of carbonyl (C=O) groups excluding carboxylic acids is 2. The summed E-state index contributed by atoms with van der Waals surface area (Å²) in [6.07, 6.45) is 5.48. The summed E-state index contributed by atoms with van der Waals surface area (Å²) in [6.45, 7) is 4.45. The first-order valence-corrected chi connectivity index (χ1v) is 13.2. The quantitative estimate of drug-likeness (QED) is 0.545. The lowest BCUT2D eigenvalue weighted by Gasteiger charge is -2.34. The van der Waals surface area contributed by atoms with Crippen molar-refractivity contribution in [1.82, 2.24) is 19.4 Å². The number of hydrogen-bond acceptors (Lipinski definition) is 5. The van der Waals surface area contributed by atoms with Crippen molar-refractivity contribution in [3.63, 3.8) is 0 Å². The average Bonchev–Trinajstić information content (AvgIpc) is 3.48. The molecule has 1 atom stereocenters. The number of hydrazone groups is 1. The van der Waals surface area contributed by atoms with E-state index < -0.39 is 0 Å². The first-order chi connectivity index (χ1) is 17.5. The number of carbonyl (C=O) groups is 2. The molecule has 0 unspecified atom stereocenters. The topological polar surface area (TPSA) is 70.4 Å². The van der Waals surface area contributed by atoms with Gasteiger partial charge in [-0.1, -0.05) is 30.2 Å². The highest BCUT2D eigenvalue weighted by molar-refractivity contribution is 6.30. The third-order valence-corrected chi connectivity index (χ3v) is 7.79. The van der Waals surface area contributed by atoms with E-state index >= 15 is 0 Å². The molecule has 2 fully saturated rings. The summed E-state index contributed by atoms with van der Waals surface area (Å²) in [6, 6.07) is 11.3. The van der Waals surface area contributed by atoms with E-state index in [-0.39, 0.29) is 30.3 Å². The smallest absolute Gasteiger partial charge is 0.262 e. The number of halogens is 1. The SMILES string of the molecule is Cn1cccc1C1=NN(C(=O)CN(CCN2CCOCC2)C(=O)C2CCC2)[C@H](c2ccc(Cl)cc2)C1. The van der Waals surface area contributed by atoms with Crippen molar-refractivity contribution < 1.29 is 14.3 Å². The number of hydrogen-bond donors (Lipinski definition) is 0. The normalized spacial score (nSPS) is 20.8. The van der Waals surface area contributed by atoms with Crippen LogP contribution in [0.15, 0.2) is 47.7 Å². The molecule has 1 aromatic carbocycles. The van der Waals surface area contributed by atoms with Gasteiger partial charge in [0.05, 0.1) is 30.7 Å². The van der Waals surface area contributed by atoms with Crippen LogP contribution in [0, 0.1) is 5.92 Å². The van der Waals surface area contributed by atoms with E-state index in [1.165, 1.54) is 0 Å². The molecule has 0 bridgehead atoms. The highest BCUT2D eigenvalue weighted by Gasteiger charge is 2.36. The molecule has 2 amide bonds. The van der Waals surface area contributed by atoms with Crippen molar-refractivity contribution in [3.05, 3.63) is 58.9 Å². The van der Waals surface area contributed by atoms with Crippen LogP contribution in [0.2, 0.25) is 5.02 Å². The zero-order valence-corrected chi connectivity index (χ0v) is 21.6. The molecule has 36 heavy (non-hydrogen) atoms. The first-order valence-electron chi connectivity index (χ1n) is 12.8. The van der Waals surface area contributed by atoms with E-state index in [1.54, 1.807) is 9.91 Å². The second-order valence-electron chi connectivity index (χ2n) is 9.90. The molecule has 0 spiro atoms. The Morgan fingerprint density at radius 1 is 1.14 bits per heavy atom. The van der Waals surface area contributed by atoms with Crippen molar-refractivity contribution in [3.8, 4) is 0 Å². The average molecular weight is 512 g/mol. The molecular formula is C27H34ClN5O3. The van der Waals surface area contributed by atoms with Gasteiger partial charge in [-0.05, 0) is 42.7 Å². The summed E-state index contributed by atoms with van der Waals surface area (Å²) in [7, 11) is 1.98. The van der Waals surface area contributed by atoms with Gasteiger partial charge in [-0.15, -0.1) is 0 Å². The molecule has 2 aliphatic heterocycles. The molecule has 3 heterocycles. The minimum atomic E-state index is -0.237. The largest absolute Gasteiger partial charge is 0.379 e. The number of ether oxygens (including phenoxy) is 1. The van der Waals surface area contributed by atoms with Gasteiger partial charge in [0.25, 0.3) is 5.91 Å². The lowest BCUT2D eigenvalue weighted by Crippen LogP contribution is -2.49. The Hall–Kier alpha value is -2.68. The van der Waals surface area contributed by atoms with Crippen molar-refractivity contribution in [1.29, 1.82) is 0 Å². The number of nitrogens with zero attached hydrogens (tertiary/aromatic N) is 5. The molecular weight excluding hydrogens is 478 g/mol. The van der Waals surface area contributed by atoms with Crippen molar-refractivity contribution >= 4 is 29.1 Å². The second-order valence-corrected chi connectivity index (χ2v) is 10.3. The maximum atomic E-state index is 13.7. The van der Waals surface area contributed by atoms with Gasteiger partial charge in [0.1, 0.15) is 6.54 Å². The van der Waals surface area contributed by atoms with Crippen LogP contribution in [-0.2, 0) is 21.4 Å². The van der Waals surface area contributed by atoms with Gasteiger partial charge < -0.3 is 14.2 Å². The third-order valence-electron chi connectivity index (χ3n) is 7.54. The Labute approximate surface area is 217 Å². The Bertz CT molecular complexity index is 1100. The fraction of sp³-hybridized carbons (Fsp3) is 0.519. The van der Waals surface area contributed by atoms with Crippen LogP contribution in [0.5, 0.6) is 0 Å². The molecule has 0 N–H and O–H groups in total. The molecule has 8 nitrogen and oxygen atoms in total. The molecule has 3 aliphatic rings. The van der Waals surface area contributed by atoms with Crippen LogP contribution in [0.1, 0.15) is 43.0 Å². The fourth-order valence-electron chi connectivity index (χ4n) is 5.10. The number of aromatic nitrogens is 1. The van der Waals surface area contributed by atoms with Gasteiger partial charge in [-0.25, -0.2) is 5.01 Å². The fourth-order valence-corrected chi connectivity index (χ4v) is 5.23. The standard InChI is InChI=1S/C27H34ClN5O3/c1-30-11-3-6-24(30)23-18-25(20-7-9-22(28)10-8-20)33(29-23)26(34)19-32(27(35)21-4-2-5-21)13-12-31-14-16-36-17-15-31/h3,6-11,21,25H,2,4-5,12-19H2,1H3/t25-/m0/s1. The maximum Gasteiger partial charge on any atom is 0.262 e. The van der Waals surface area contributed by atoms with Crippen LogP contribution in [0.4, 0.5) is 0 Å². The van der Waals surface area contributed by atoms with Crippen LogP contribution >= 0.6 is 11.6 Å². The summed E-state index contributed by atoms with van der Waals surface area (Å²) in [5.74, 6) is -0.0268. The molecule has 1 saturated carbocycles. The minimum absolute atomic E-state index is 0.0354. The van der Waals surface area contributed by atoms with E-state index in [2.05, 4.69) is 4.90 Å². The van der Waals surface area contributed by atoms with Gasteiger partial charge in [-0.3, -0.25) is 14.5 Å². The molecule has 1 saturated heterocycles. The summed E-state index contributed by atoms with van der Waals surface area (Å²) >= 11 is 6.13. The number of amides is 2. The lowest BCUT2D eigenvalue weighted by atomic mass is 9.84. The number of rotatable bonds is 8. The van der Waals surface area contributed by atoms with Gasteiger partial charge in [-0.2, -0.15) is 5.10 Å². The molecule has 2 aromatic rings. The van der Waals surface area contributed by atoms with Crippen LogP contribution in [0.3, 0.4) is 0 Å². The van der Waals surface area contributed by atoms with E-state index in [0.29, 0.717) is 31.2 Å². The van der Waals surface area contributed by atoms with Crippen LogP contribution in [0.25, 0.3) is 0 Å². The van der Waals surface area contributed by atoms with Crippen molar-refractivity contribution in [2.75, 3.05) is 45.9 Å². The zero-order valence-electron chi connectivity index (χ0n) is 20.8. The predicted octanol–water partition coefficient (Wildman–Crippen LogP) is 3.32. The molecule has 5 rings (SSSR count). The minimum Gasteiger partial charge on any atom is -0.379 e. The third kappa shape index (κ3) is 5.51. The Morgan fingerprint density at radius 3 is 2.53 bits per heavy atom. The second kappa shape index (κ2) is 11.2. The summed E-state index contributed by atoms with van der Waals surface area (Å²) in [5, 5.41) is 7.03.